The summed E-state index contributed by atoms with van der Waals surface area (Å²) in [5.41, 5.74) is 1.83. The summed E-state index contributed by atoms with van der Waals surface area (Å²) in [7, 11) is 0. The maximum absolute atomic E-state index is 12.2. The van der Waals surface area contributed by atoms with Crippen molar-refractivity contribution in [3.8, 4) is 0 Å². The van der Waals surface area contributed by atoms with Crippen molar-refractivity contribution >= 4 is 29.2 Å². The summed E-state index contributed by atoms with van der Waals surface area (Å²) in [6, 6.07) is 16.8. The summed E-state index contributed by atoms with van der Waals surface area (Å²) < 4.78 is 6.17. The van der Waals surface area contributed by atoms with E-state index in [2.05, 4.69) is 10.4 Å². The summed E-state index contributed by atoms with van der Waals surface area (Å²) >= 11 is 6.02. The summed E-state index contributed by atoms with van der Waals surface area (Å²) in [5, 5.41) is 7.14. The topological polar surface area (TPSA) is 90.3 Å². The van der Waals surface area contributed by atoms with Gasteiger partial charge in [0.05, 0.1) is 6.54 Å². The Labute approximate surface area is 171 Å². The lowest BCUT2D eigenvalue weighted by molar-refractivity contribution is -0.119. The lowest BCUT2D eigenvalue weighted by Gasteiger charge is -2.09. The molecule has 1 aromatic heterocycles. The molecule has 3 aromatic rings. The second-order valence-corrected chi connectivity index (χ2v) is 6.70. The normalized spacial score (nSPS) is 10.4. The summed E-state index contributed by atoms with van der Waals surface area (Å²) in [6.45, 7) is 1.57. The van der Waals surface area contributed by atoms with Crippen LogP contribution in [0.1, 0.15) is 21.6 Å². The van der Waals surface area contributed by atoms with Gasteiger partial charge in [0, 0.05) is 16.8 Å². The van der Waals surface area contributed by atoms with Gasteiger partial charge in [0.15, 0.2) is 12.3 Å². The molecule has 1 amide bonds. The quantitative estimate of drug-likeness (QED) is 0.629. The maximum Gasteiger partial charge on any atom is 0.359 e. The third-order valence-electron chi connectivity index (χ3n) is 4.04. The summed E-state index contributed by atoms with van der Waals surface area (Å²) in [5.74, 6) is -1.32. The van der Waals surface area contributed by atoms with Crippen molar-refractivity contribution in [3.63, 3.8) is 0 Å². The fraction of sp³-hybridized carbons (Fsp3) is 0.143. The van der Waals surface area contributed by atoms with Gasteiger partial charge in [-0.05, 0) is 36.2 Å². The van der Waals surface area contributed by atoms with Crippen LogP contribution in [-0.4, -0.2) is 28.3 Å². The lowest BCUT2D eigenvalue weighted by Crippen LogP contribution is -2.26. The standard InChI is InChI=1S/C21H18ClN3O4/c1-14-7-8-16(11-17(14)22)23-19(26)13-29-21(28)18-9-10-20(27)25(24-18)12-15-5-3-2-4-6-15/h2-11H,12-13H2,1H3,(H,23,26). The first-order valence-corrected chi connectivity index (χ1v) is 9.15. The van der Waals surface area contributed by atoms with Gasteiger partial charge in [0.1, 0.15) is 0 Å². The highest BCUT2D eigenvalue weighted by Crippen LogP contribution is 2.19. The first kappa shape index (κ1) is 20.3. The van der Waals surface area contributed by atoms with Crippen LogP contribution >= 0.6 is 11.6 Å². The minimum absolute atomic E-state index is 0.0632. The summed E-state index contributed by atoms with van der Waals surface area (Å²) in [4.78, 5) is 36.2. The lowest BCUT2D eigenvalue weighted by atomic mass is 10.2. The van der Waals surface area contributed by atoms with E-state index in [4.69, 9.17) is 16.3 Å². The smallest absolute Gasteiger partial charge is 0.359 e. The molecule has 0 saturated carbocycles. The summed E-state index contributed by atoms with van der Waals surface area (Å²) in [6.07, 6.45) is 0. The van der Waals surface area contributed by atoms with Crippen molar-refractivity contribution < 1.29 is 14.3 Å². The van der Waals surface area contributed by atoms with Crippen LogP contribution in [0.5, 0.6) is 0 Å². The van der Waals surface area contributed by atoms with Crippen LogP contribution in [0, 0.1) is 6.92 Å². The Morgan fingerprint density at radius 2 is 1.86 bits per heavy atom. The van der Waals surface area contributed by atoms with E-state index < -0.39 is 18.5 Å². The van der Waals surface area contributed by atoms with Gasteiger partial charge in [-0.2, -0.15) is 5.10 Å². The molecule has 0 radical (unpaired) electrons. The number of halogens is 1. The molecule has 0 bridgehead atoms. The van der Waals surface area contributed by atoms with Crippen molar-refractivity contribution in [1.82, 2.24) is 9.78 Å². The van der Waals surface area contributed by atoms with Crippen molar-refractivity contribution in [1.29, 1.82) is 0 Å². The van der Waals surface area contributed by atoms with Crippen LogP contribution in [0.25, 0.3) is 0 Å². The predicted octanol–water partition coefficient (Wildman–Crippen LogP) is 3.05. The molecule has 1 heterocycles. The molecule has 29 heavy (non-hydrogen) atoms. The number of nitrogens with zero attached hydrogens (tertiary/aromatic N) is 2. The van der Waals surface area contributed by atoms with Crippen LogP contribution in [0.4, 0.5) is 5.69 Å². The monoisotopic (exact) mass is 411 g/mol. The molecule has 0 atom stereocenters. The highest BCUT2D eigenvalue weighted by Gasteiger charge is 2.14. The van der Waals surface area contributed by atoms with Gasteiger partial charge in [0.2, 0.25) is 0 Å². The van der Waals surface area contributed by atoms with Crippen LogP contribution in [0.3, 0.4) is 0 Å². The number of amides is 1. The molecule has 8 heteroatoms. The molecule has 0 fully saturated rings. The van der Waals surface area contributed by atoms with E-state index in [0.29, 0.717) is 10.7 Å². The van der Waals surface area contributed by atoms with Gasteiger partial charge in [-0.25, -0.2) is 9.48 Å². The van der Waals surface area contributed by atoms with E-state index in [-0.39, 0.29) is 17.8 Å². The zero-order valence-electron chi connectivity index (χ0n) is 15.6. The zero-order chi connectivity index (χ0) is 20.8. The molecule has 0 unspecified atom stereocenters. The number of esters is 1. The number of carbonyl (C=O) groups is 2. The molecule has 0 aliphatic rings. The van der Waals surface area contributed by atoms with E-state index in [1.165, 1.54) is 16.8 Å². The Morgan fingerprint density at radius 3 is 2.59 bits per heavy atom. The number of hydrogen-bond acceptors (Lipinski definition) is 5. The number of carbonyl (C=O) groups excluding carboxylic acids is 2. The maximum atomic E-state index is 12.2. The van der Waals surface area contributed by atoms with Crippen LogP contribution in [-0.2, 0) is 16.1 Å². The fourth-order valence-electron chi connectivity index (χ4n) is 2.50. The van der Waals surface area contributed by atoms with E-state index in [0.717, 1.165) is 11.1 Å². The predicted molar refractivity (Wildman–Crippen MR) is 109 cm³/mol. The number of aromatic nitrogens is 2. The van der Waals surface area contributed by atoms with E-state index in [9.17, 15) is 14.4 Å². The molecule has 3 rings (SSSR count). The highest BCUT2D eigenvalue weighted by molar-refractivity contribution is 6.31. The van der Waals surface area contributed by atoms with E-state index >= 15 is 0 Å². The molecular formula is C21H18ClN3O4. The fourth-order valence-corrected chi connectivity index (χ4v) is 2.68. The molecule has 0 aliphatic heterocycles. The molecule has 7 nitrogen and oxygen atoms in total. The number of benzene rings is 2. The van der Waals surface area contributed by atoms with Gasteiger partial charge in [-0.15, -0.1) is 0 Å². The minimum Gasteiger partial charge on any atom is -0.451 e. The van der Waals surface area contributed by atoms with Crippen molar-refractivity contribution in [3.05, 3.63) is 92.9 Å². The Hall–Kier alpha value is -3.45. The Kier molecular flexibility index (Phi) is 6.41. The van der Waals surface area contributed by atoms with E-state index in [1.54, 1.807) is 18.2 Å². The second kappa shape index (κ2) is 9.16. The Morgan fingerprint density at radius 1 is 1.10 bits per heavy atom. The third kappa shape index (κ3) is 5.52. The number of ether oxygens (including phenoxy) is 1. The number of nitrogens with one attached hydrogen (secondary N) is 1. The van der Waals surface area contributed by atoms with Crippen molar-refractivity contribution in [2.45, 2.75) is 13.5 Å². The van der Waals surface area contributed by atoms with Crippen LogP contribution in [0.2, 0.25) is 5.02 Å². The number of hydrogen-bond donors (Lipinski definition) is 1. The molecule has 0 saturated heterocycles. The highest BCUT2D eigenvalue weighted by atomic mass is 35.5. The largest absolute Gasteiger partial charge is 0.451 e. The average molecular weight is 412 g/mol. The average Bonchev–Trinajstić information content (AvgIpc) is 2.71. The third-order valence-corrected chi connectivity index (χ3v) is 4.45. The molecule has 1 N–H and O–H groups in total. The van der Waals surface area contributed by atoms with Gasteiger partial charge in [-0.1, -0.05) is 48.0 Å². The molecular weight excluding hydrogens is 394 g/mol. The number of aryl methyl sites for hydroxylation is 1. The van der Waals surface area contributed by atoms with Crippen LogP contribution in [0.15, 0.2) is 65.5 Å². The van der Waals surface area contributed by atoms with Gasteiger partial charge < -0.3 is 10.1 Å². The first-order chi connectivity index (χ1) is 13.9. The number of rotatable bonds is 6. The Balaban J connectivity index is 1.61. The van der Waals surface area contributed by atoms with Gasteiger partial charge >= 0.3 is 5.97 Å². The van der Waals surface area contributed by atoms with Crippen molar-refractivity contribution in [2.75, 3.05) is 11.9 Å². The van der Waals surface area contributed by atoms with Crippen molar-refractivity contribution in [2.24, 2.45) is 0 Å². The molecule has 2 aromatic carbocycles. The Bertz CT molecular complexity index is 1100. The van der Waals surface area contributed by atoms with E-state index in [1.807, 2.05) is 37.3 Å². The molecule has 0 spiro atoms. The molecule has 148 valence electrons. The number of anilines is 1. The van der Waals surface area contributed by atoms with Gasteiger partial charge in [0.25, 0.3) is 11.5 Å². The second-order valence-electron chi connectivity index (χ2n) is 6.29. The zero-order valence-corrected chi connectivity index (χ0v) is 16.3. The SMILES string of the molecule is Cc1ccc(NC(=O)COC(=O)c2ccc(=O)n(Cc3ccccc3)n2)cc1Cl. The van der Waals surface area contributed by atoms with Crippen LogP contribution < -0.4 is 10.9 Å². The van der Waals surface area contributed by atoms with Gasteiger partial charge in [-0.3, -0.25) is 9.59 Å². The first-order valence-electron chi connectivity index (χ1n) is 8.77. The molecule has 0 aliphatic carbocycles. The minimum atomic E-state index is -0.802.